The van der Waals surface area contributed by atoms with Crippen LogP contribution in [0.5, 0.6) is 0 Å². The second kappa shape index (κ2) is 5.98. The molecule has 1 aromatic rings. The van der Waals surface area contributed by atoms with Gasteiger partial charge in [-0.15, -0.1) is 0 Å². The Morgan fingerprint density at radius 1 is 1.57 bits per heavy atom. The van der Waals surface area contributed by atoms with E-state index in [1.165, 1.54) is 6.07 Å². The van der Waals surface area contributed by atoms with E-state index in [0.717, 1.165) is 0 Å². The van der Waals surface area contributed by atoms with Gasteiger partial charge in [0.05, 0.1) is 17.1 Å². The second-order valence-electron chi connectivity index (χ2n) is 5.24. The van der Waals surface area contributed by atoms with Crippen molar-refractivity contribution >= 4 is 15.7 Å². The highest BCUT2D eigenvalue weighted by atomic mass is 32.2. The van der Waals surface area contributed by atoms with Gasteiger partial charge in [-0.1, -0.05) is 17.3 Å². The SMILES string of the molecule is CN(Cc1cccc(/C(N)=N/O)c1F)C1CCS(=O)(=O)C1. The van der Waals surface area contributed by atoms with E-state index in [4.69, 9.17) is 10.9 Å². The minimum atomic E-state index is -2.98. The van der Waals surface area contributed by atoms with Crippen LogP contribution in [-0.4, -0.2) is 49.0 Å². The highest BCUT2D eigenvalue weighted by molar-refractivity contribution is 7.91. The number of nitrogens with two attached hydrogens (primary N) is 1. The summed E-state index contributed by atoms with van der Waals surface area (Å²) in [5.41, 5.74) is 5.83. The van der Waals surface area contributed by atoms with Gasteiger partial charge in [0.15, 0.2) is 15.7 Å². The summed E-state index contributed by atoms with van der Waals surface area (Å²) in [7, 11) is -1.21. The lowest BCUT2D eigenvalue weighted by Gasteiger charge is -2.23. The average molecular weight is 315 g/mol. The van der Waals surface area contributed by atoms with E-state index in [9.17, 15) is 12.8 Å². The Morgan fingerprint density at radius 2 is 2.29 bits per heavy atom. The topological polar surface area (TPSA) is 96.0 Å². The van der Waals surface area contributed by atoms with Gasteiger partial charge in [0.25, 0.3) is 0 Å². The molecule has 2 rings (SSSR count). The van der Waals surface area contributed by atoms with Crippen LogP contribution < -0.4 is 5.73 Å². The molecule has 3 N–H and O–H groups in total. The first-order chi connectivity index (χ1) is 9.84. The van der Waals surface area contributed by atoms with E-state index in [2.05, 4.69) is 5.16 Å². The molecule has 6 nitrogen and oxygen atoms in total. The fourth-order valence-corrected chi connectivity index (χ4v) is 4.28. The van der Waals surface area contributed by atoms with E-state index >= 15 is 0 Å². The molecular formula is C13H18FN3O3S. The van der Waals surface area contributed by atoms with Crippen LogP contribution in [-0.2, 0) is 16.4 Å². The molecule has 1 aliphatic heterocycles. The summed E-state index contributed by atoms with van der Waals surface area (Å²) >= 11 is 0. The van der Waals surface area contributed by atoms with Gasteiger partial charge >= 0.3 is 0 Å². The smallest absolute Gasteiger partial charge is 0.173 e. The van der Waals surface area contributed by atoms with Crippen molar-refractivity contribution in [1.82, 2.24) is 4.90 Å². The lowest BCUT2D eigenvalue weighted by Crippen LogP contribution is -2.32. The van der Waals surface area contributed by atoms with Crippen molar-refractivity contribution in [3.05, 3.63) is 35.1 Å². The van der Waals surface area contributed by atoms with E-state index in [0.29, 0.717) is 12.0 Å². The zero-order valence-electron chi connectivity index (χ0n) is 11.7. The Morgan fingerprint density at radius 3 is 2.86 bits per heavy atom. The molecule has 116 valence electrons. The molecule has 0 spiro atoms. The first-order valence-electron chi connectivity index (χ1n) is 6.50. The zero-order chi connectivity index (χ0) is 15.6. The number of halogens is 1. The van der Waals surface area contributed by atoms with Gasteiger partial charge in [0, 0.05) is 18.2 Å². The number of rotatable bonds is 4. The van der Waals surface area contributed by atoms with Gasteiger partial charge in [-0.3, -0.25) is 4.90 Å². The number of hydrogen-bond acceptors (Lipinski definition) is 5. The van der Waals surface area contributed by atoms with Gasteiger partial charge in [-0.05, 0) is 19.5 Å². The highest BCUT2D eigenvalue weighted by Gasteiger charge is 2.30. The van der Waals surface area contributed by atoms with Crippen molar-refractivity contribution in [2.24, 2.45) is 10.9 Å². The maximum atomic E-state index is 14.3. The molecule has 21 heavy (non-hydrogen) atoms. The maximum absolute atomic E-state index is 14.3. The van der Waals surface area contributed by atoms with Gasteiger partial charge in [-0.2, -0.15) is 0 Å². The van der Waals surface area contributed by atoms with Crippen molar-refractivity contribution in [3.8, 4) is 0 Å². The van der Waals surface area contributed by atoms with Crippen LogP contribution >= 0.6 is 0 Å². The number of sulfone groups is 1. The molecule has 0 bridgehead atoms. The van der Waals surface area contributed by atoms with Crippen molar-refractivity contribution in [3.63, 3.8) is 0 Å². The molecule has 1 atom stereocenters. The van der Waals surface area contributed by atoms with Crippen molar-refractivity contribution in [1.29, 1.82) is 0 Å². The van der Waals surface area contributed by atoms with E-state index in [-0.39, 0.29) is 35.5 Å². The first-order valence-corrected chi connectivity index (χ1v) is 8.32. The number of amidine groups is 1. The van der Waals surface area contributed by atoms with Gasteiger partial charge < -0.3 is 10.9 Å². The monoisotopic (exact) mass is 315 g/mol. The largest absolute Gasteiger partial charge is 0.409 e. The minimum absolute atomic E-state index is 0.0300. The summed E-state index contributed by atoms with van der Waals surface area (Å²) < 4.78 is 37.3. The van der Waals surface area contributed by atoms with Crippen LogP contribution in [0.1, 0.15) is 17.5 Å². The predicted octanol–water partition coefficient (Wildman–Crippen LogP) is 0.539. The third-order valence-electron chi connectivity index (χ3n) is 3.71. The summed E-state index contributed by atoms with van der Waals surface area (Å²) in [6, 6.07) is 4.53. The molecule has 0 amide bonds. The maximum Gasteiger partial charge on any atom is 0.173 e. The average Bonchev–Trinajstić information content (AvgIpc) is 2.80. The number of nitrogens with zero attached hydrogens (tertiary/aromatic N) is 2. The van der Waals surface area contributed by atoms with Crippen LogP contribution in [0.4, 0.5) is 4.39 Å². The number of benzene rings is 1. The Kier molecular flexibility index (Phi) is 4.48. The third-order valence-corrected chi connectivity index (χ3v) is 5.46. The summed E-state index contributed by atoms with van der Waals surface area (Å²) in [6.07, 6.45) is 0.556. The predicted molar refractivity (Wildman–Crippen MR) is 77.4 cm³/mol. The molecule has 0 radical (unpaired) electrons. The summed E-state index contributed by atoms with van der Waals surface area (Å²) in [5, 5.41) is 11.4. The normalized spacial score (nSPS) is 21.9. The molecule has 1 aliphatic rings. The highest BCUT2D eigenvalue weighted by Crippen LogP contribution is 2.20. The van der Waals surface area contributed by atoms with Crippen LogP contribution in [0.15, 0.2) is 23.4 Å². The quantitative estimate of drug-likeness (QED) is 0.366. The zero-order valence-corrected chi connectivity index (χ0v) is 12.5. The lowest BCUT2D eigenvalue weighted by atomic mass is 10.1. The molecule has 1 fully saturated rings. The van der Waals surface area contributed by atoms with Crippen molar-refractivity contribution in [2.45, 2.75) is 19.0 Å². The van der Waals surface area contributed by atoms with Crippen LogP contribution in [0, 0.1) is 5.82 Å². The van der Waals surface area contributed by atoms with E-state index in [1.54, 1.807) is 19.2 Å². The van der Waals surface area contributed by atoms with Gasteiger partial charge in [0.2, 0.25) is 0 Å². The Hall–Kier alpha value is -1.67. The Balaban J connectivity index is 2.17. The van der Waals surface area contributed by atoms with E-state index in [1.807, 2.05) is 4.90 Å². The molecule has 0 saturated carbocycles. The summed E-state index contributed by atoms with van der Waals surface area (Å²) in [4.78, 5) is 1.82. The Bertz CT molecular complexity index is 661. The molecule has 1 unspecified atom stereocenters. The van der Waals surface area contributed by atoms with Crippen LogP contribution in [0.3, 0.4) is 0 Å². The molecule has 8 heteroatoms. The molecule has 1 heterocycles. The fourth-order valence-electron chi connectivity index (χ4n) is 2.47. The second-order valence-corrected chi connectivity index (χ2v) is 7.46. The molecule has 0 aliphatic carbocycles. The molecular weight excluding hydrogens is 297 g/mol. The Labute approximate surface area is 123 Å². The summed E-state index contributed by atoms with van der Waals surface area (Å²) in [5.74, 6) is -0.569. The fraction of sp³-hybridized carbons (Fsp3) is 0.462. The number of hydrogen-bond donors (Lipinski definition) is 2. The van der Waals surface area contributed by atoms with Crippen LogP contribution in [0.2, 0.25) is 0 Å². The van der Waals surface area contributed by atoms with Gasteiger partial charge in [-0.25, -0.2) is 12.8 Å². The number of oxime groups is 1. The van der Waals surface area contributed by atoms with Gasteiger partial charge in [0.1, 0.15) is 5.82 Å². The lowest BCUT2D eigenvalue weighted by molar-refractivity contribution is 0.250. The van der Waals surface area contributed by atoms with Crippen LogP contribution in [0.25, 0.3) is 0 Å². The molecule has 1 aromatic carbocycles. The van der Waals surface area contributed by atoms with E-state index < -0.39 is 15.7 Å². The van der Waals surface area contributed by atoms with Crippen molar-refractivity contribution in [2.75, 3.05) is 18.6 Å². The van der Waals surface area contributed by atoms with Crippen molar-refractivity contribution < 1.29 is 18.0 Å². The minimum Gasteiger partial charge on any atom is -0.409 e. The third kappa shape index (κ3) is 3.51. The summed E-state index contributed by atoms with van der Waals surface area (Å²) in [6.45, 7) is 0.262. The molecule has 1 saturated heterocycles. The first kappa shape index (κ1) is 15.7. The standard InChI is InChI=1S/C13H18FN3O3S/c1-17(10-5-6-21(19,20)8-10)7-9-3-2-4-11(12(9)14)13(15)16-18/h2-4,10,18H,5-8H2,1H3,(H2,15,16). The molecule has 0 aromatic heterocycles.